The molecule has 10 heteroatoms. The smallest absolute Gasteiger partial charge is 0.230 e. The molecule has 4 heterocycles. The van der Waals surface area contributed by atoms with Crippen LogP contribution in [0.1, 0.15) is 42.3 Å². The van der Waals surface area contributed by atoms with Crippen molar-refractivity contribution >= 4 is 28.4 Å². The molecule has 2 amide bonds. The number of aryl methyl sites for hydroxylation is 2. The molecule has 4 aromatic rings. The van der Waals surface area contributed by atoms with Crippen LogP contribution in [0.25, 0.3) is 22.3 Å². The Morgan fingerprint density at radius 3 is 2.76 bits per heavy atom. The number of nitriles is 1. The lowest BCUT2D eigenvalue weighted by atomic mass is 9.95. The number of likely N-dealkylation sites (tertiary alicyclic amines) is 1. The Balaban J connectivity index is 1.09. The second kappa shape index (κ2) is 9.41. The molecule has 2 aromatic heterocycles. The van der Waals surface area contributed by atoms with Crippen molar-refractivity contribution < 1.29 is 14.1 Å². The first-order valence-corrected chi connectivity index (χ1v) is 12.8. The molecule has 1 atom stereocenters. The lowest BCUT2D eigenvalue weighted by Gasteiger charge is -2.32. The molecule has 192 valence electrons. The van der Waals surface area contributed by atoms with Crippen LogP contribution in [0.2, 0.25) is 0 Å². The standard InChI is InChI=1S/C28H27N7O3/c1-17-23-7-6-20(13-24(23)33(2)31-17)26-30-27(38-32-26)19-8-10-34(11-9-19)28(37)21-14-25(36)35(16-21)22-5-3-4-18(12-22)15-29/h3-7,12-13,19,21H,8-11,14,16H2,1-2H3/t21-/m0/s1. The average Bonchev–Trinajstić information content (AvgIpc) is 3.66. The molecule has 0 N–H and O–H groups in total. The summed E-state index contributed by atoms with van der Waals surface area (Å²) in [6, 6.07) is 15.1. The van der Waals surface area contributed by atoms with Gasteiger partial charge in [-0.2, -0.15) is 15.3 Å². The average molecular weight is 510 g/mol. The second-order valence-electron chi connectivity index (χ2n) is 10.1. The van der Waals surface area contributed by atoms with E-state index in [1.807, 2.05) is 41.8 Å². The third-order valence-corrected chi connectivity index (χ3v) is 7.65. The van der Waals surface area contributed by atoms with Crippen LogP contribution in [-0.2, 0) is 16.6 Å². The van der Waals surface area contributed by atoms with Gasteiger partial charge >= 0.3 is 0 Å². The van der Waals surface area contributed by atoms with Gasteiger partial charge in [0.25, 0.3) is 0 Å². The van der Waals surface area contributed by atoms with Gasteiger partial charge in [0, 0.05) is 55.7 Å². The summed E-state index contributed by atoms with van der Waals surface area (Å²) in [5.41, 5.74) is 4.02. The van der Waals surface area contributed by atoms with Crippen molar-refractivity contribution in [2.24, 2.45) is 13.0 Å². The zero-order valence-electron chi connectivity index (χ0n) is 21.3. The SMILES string of the molecule is Cc1nn(C)c2cc(-c3noc(C4CCN(C(=O)[C@H]5CC(=O)N(c6cccc(C#N)c6)C5)CC4)n3)ccc12. The van der Waals surface area contributed by atoms with Crippen molar-refractivity contribution in [1.82, 2.24) is 24.8 Å². The third-order valence-electron chi connectivity index (χ3n) is 7.65. The summed E-state index contributed by atoms with van der Waals surface area (Å²) in [6.07, 6.45) is 1.63. The number of nitrogens with zero attached hydrogens (tertiary/aromatic N) is 7. The highest BCUT2D eigenvalue weighted by Crippen LogP contribution is 2.32. The minimum atomic E-state index is -0.384. The lowest BCUT2D eigenvalue weighted by molar-refractivity contribution is -0.136. The maximum atomic E-state index is 13.3. The first-order valence-electron chi connectivity index (χ1n) is 12.8. The van der Waals surface area contributed by atoms with E-state index >= 15 is 0 Å². The Morgan fingerprint density at radius 1 is 1.16 bits per heavy atom. The normalized spacial score (nSPS) is 18.3. The summed E-state index contributed by atoms with van der Waals surface area (Å²) in [4.78, 5) is 34.0. The van der Waals surface area contributed by atoms with Crippen molar-refractivity contribution in [3.8, 4) is 17.5 Å². The number of hydrogen-bond donors (Lipinski definition) is 0. The third kappa shape index (κ3) is 4.20. The number of piperidine rings is 1. The van der Waals surface area contributed by atoms with Crippen LogP contribution in [0, 0.1) is 24.2 Å². The van der Waals surface area contributed by atoms with Gasteiger partial charge in [-0.1, -0.05) is 23.4 Å². The molecule has 0 spiro atoms. The molecule has 0 unspecified atom stereocenters. The van der Waals surface area contributed by atoms with Gasteiger partial charge in [-0.05, 0) is 44.0 Å². The van der Waals surface area contributed by atoms with Crippen LogP contribution in [0.3, 0.4) is 0 Å². The summed E-state index contributed by atoms with van der Waals surface area (Å²) in [5, 5.41) is 18.9. The molecule has 2 aromatic carbocycles. The largest absolute Gasteiger partial charge is 0.342 e. The van der Waals surface area contributed by atoms with Gasteiger partial charge in [-0.15, -0.1) is 0 Å². The van der Waals surface area contributed by atoms with E-state index in [9.17, 15) is 9.59 Å². The van der Waals surface area contributed by atoms with Crippen LogP contribution < -0.4 is 4.90 Å². The fourth-order valence-corrected chi connectivity index (χ4v) is 5.57. The van der Waals surface area contributed by atoms with Crippen LogP contribution in [0.4, 0.5) is 5.69 Å². The van der Waals surface area contributed by atoms with E-state index in [4.69, 9.17) is 9.78 Å². The maximum absolute atomic E-state index is 13.3. The van der Waals surface area contributed by atoms with Crippen molar-refractivity contribution in [2.45, 2.75) is 32.1 Å². The highest BCUT2D eigenvalue weighted by atomic mass is 16.5. The Kier molecular flexibility index (Phi) is 5.91. The van der Waals surface area contributed by atoms with Crippen LogP contribution in [0.5, 0.6) is 0 Å². The van der Waals surface area contributed by atoms with E-state index in [0.29, 0.717) is 42.6 Å². The number of carbonyl (C=O) groups excluding carboxylic acids is 2. The topological polar surface area (TPSA) is 121 Å². The number of anilines is 1. The van der Waals surface area contributed by atoms with E-state index < -0.39 is 0 Å². The molecular formula is C28H27N7O3. The molecule has 2 fully saturated rings. The summed E-state index contributed by atoms with van der Waals surface area (Å²) in [6.45, 7) is 3.48. The van der Waals surface area contributed by atoms with Crippen LogP contribution in [0.15, 0.2) is 47.0 Å². The molecule has 2 aliphatic rings. The fourth-order valence-electron chi connectivity index (χ4n) is 5.57. The van der Waals surface area contributed by atoms with Gasteiger partial charge in [0.05, 0.1) is 28.8 Å². The molecule has 10 nitrogen and oxygen atoms in total. The molecule has 0 radical (unpaired) electrons. The van der Waals surface area contributed by atoms with Gasteiger partial charge in [0.1, 0.15) is 0 Å². The first-order chi connectivity index (χ1) is 18.4. The molecule has 0 saturated carbocycles. The number of fused-ring (bicyclic) bond motifs is 1. The van der Waals surface area contributed by atoms with Crippen molar-refractivity contribution in [3.63, 3.8) is 0 Å². The van der Waals surface area contributed by atoms with E-state index in [0.717, 1.165) is 35.0 Å². The van der Waals surface area contributed by atoms with Crippen molar-refractivity contribution in [3.05, 3.63) is 59.6 Å². The molecule has 6 rings (SSSR count). The molecular weight excluding hydrogens is 482 g/mol. The van der Waals surface area contributed by atoms with E-state index in [1.165, 1.54) is 0 Å². The quantitative estimate of drug-likeness (QED) is 0.412. The van der Waals surface area contributed by atoms with Crippen LogP contribution in [-0.4, -0.2) is 56.3 Å². The number of amides is 2. The predicted molar refractivity (Wildman–Crippen MR) is 139 cm³/mol. The monoisotopic (exact) mass is 509 g/mol. The number of rotatable bonds is 4. The number of carbonyl (C=O) groups is 2. The zero-order valence-corrected chi connectivity index (χ0v) is 21.3. The summed E-state index contributed by atoms with van der Waals surface area (Å²) in [7, 11) is 1.92. The predicted octanol–water partition coefficient (Wildman–Crippen LogP) is 3.56. The zero-order chi connectivity index (χ0) is 26.4. The Morgan fingerprint density at radius 2 is 1.97 bits per heavy atom. The first kappa shape index (κ1) is 23.9. The Hall–Kier alpha value is -4.52. The summed E-state index contributed by atoms with van der Waals surface area (Å²) in [5.74, 6) is 0.744. The number of aromatic nitrogens is 4. The summed E-state index contributed by atoms with van der Waals surface area (Å²) < 4.78 is 7.49. The van der Waals surface area contributed by atoms with E-state index in [-0.39, 0.29) is 30.1 Å². The van der Waals surface area contributed by atoms with E-state index in [2.05, 4.69) is 21.3 Å². The highest BCUT2D eigenvalue weighted by molar-refractivity contribution is 6.00. The van der Waals surface area contributed by atoms with Crippen molar-refractivity contribution in [2.75, 3.05) is 24.5 Å². The fraction of sp³-hybridized carbons (Fsp3) is 0.357. The van der Waals surface area contributed by atoms with Gasteiger partial charge in [0.2, 0.25) is 23.5 Å². The Bertz CT molecular complexity index is 1590. The highest BCUT2D eigenvalue weighted by Gasteiger charge is 2.38. The molecule has 38 heavy (non-hydrogen) atoms. The van der Waals surface area contributed by atoms with Gasteiger partial charge < -0.3 is 14.3 Å². The molecule has 2 saturated heterocycles. The van der Waals surface area contributed by atoms with E-state index in [1.54, 1.807) is 29.2 Å². The molecule has 0 aliphatic carbocycles. The second-order valence-corrected chi connectivity index (χ2v) is 10.1. The van der Waals surface area contributed by atoms with Crippen molar-refractivity contribution in [1.29, 1.82) is 5.26 Å². The maximum Gasteiger partial charge on any atom is 0.230 e. The molecule has 2 aliphatic heterocycles. The lowest BCUT2D eigenvalue weighted by Crippen LogP contribution is -2.42. The number of hydrogen-bond acceptors (Lipinski definition) is 7. The minimum absolute atomic E-state index is 0.00160. The van der Waals surface area contributed by atoms with Gasteiger partial charge in [-0.3, -0.25) is 14.3 Å². The minimum Gasteiger partial charge on any atom is -0.342 e. The van der Waals surface area contributed by atoms with Crippen LogP contribution >= 0.6 is 0 Å². The Labute approximate surface area is 219 Å². The molecule has 0 bridgehead atoms. The number of benzene rings is 2. The summed E-state index contributed by atoms with van der Waals surface area (Å²) >= 11 is 0. The van der Waals surface area contributed by atoms with Gasteiger partial charge in [-0.25, -0.2) is 0 Å². The van der Waals surface area contributed by atoms with Gasteiger partial charge in [0.15, 0.2) is 0 Å².